The van der Waals surface area contributed by atoms with Gasteiger partial charge in [0.15, 0.2) is 0 Å². The molecule has 2 fully saturated rings. The fourth-order valence-electron chi connectivity index (χ4n) is 3.89. The van der Waals surface area contributed by atoms with E-state index in [-0.39, 0.29) is 22.9 Å². The first kappa shape index (κ1) is 13.5. The van der Waals surface area contributed by atoms with E-state index in [1.807, 2.05) is 7.05 Å². The lowest BCUT2D eigenvalue weighted by atomic mass is 9.71. The highest BCUT2D eigenvalue weighted by Crippen LogP contribution is 2.57. The Kier molecular flexibility index (Phi) is 3.98. The van der Waals surface area contributed by atoms with Gasteiger partial charge in [-0.25, -0.2) is 0 Å². The summed E-state index contributed by atoms with van der Waals surface area (Å²) < 4.78 is 36.5. The Morgan fingerprint density at radius 3 is 2.59 bits per heavy atom. The largest absolute Gasteiger partial charge is 0.441 e. The molecule has 0 aromatic carbocycles. The van der Waals surface area contributed by atoms with Crippen LogP contribution in [0, 0.1) is 17.3 Å². The first-order valence-corrected chi connectivity index (χ1v) is 7.29. The minimum absolute atomic E-state index is 0.144. The summed E-state index contributed by atoms with van der Waals surface area (Å²) in [6.45, 7) is 0.882. The molecule has 2 aliphatic rings. The van der Waals surface area contributed by atoms with Crippen LogP contribution in [0.3, 0.4) is 0 Å². The lowest BCUT2D eigenvalue weighted by Crippen LogP contribution is -2.38. The molecular weight excluding hydrogens is 247 g/mol. The minimum Gasteiger partial charge on any atom is -0.319 e. The maximum absolute atomic E-state index is 12.2. The number of fused-ring (bicyclic) bond motifs is 2. The Labute approximate surface area is 105 Å². The number of rotatable bonds is 5. The van der Waals surface area contributed by atoms with E-state index < -0.39 is 5.51 Å². The maximum Gasteiger partial charge on any atom is 0.441 e. The van der Waals surface area contributed by atoms with Gasteiger partial charge in [-0.15, -0.1) is 0 Å². The van der Waals surface area contributed by atoms with Crippen molar-refractivity contribution in [2.45, 2.75) is 37.6 Å². The van der Waals surface area contributed by atoms with Crippen molar-refractivity contribution in [2.24, 2.45) is 17.3 Å². The molecule has 17 heavy (non-hydrogen) atoms. The van der Waals surface area contributed by atoms with Gasteiger partial charge in [-0.1, -0.05) is 18.2 Å². The van der Waals surface area contributed by atoms with Gasteiger partial charge in [0.1, 0.15) is 0 Å². The summed E-state index contributed by atoms with van der Waals surface area (Å²) in [4.78, 5) is 0. The molecule has 3 unspecified atom stereocenters. The Morgan fingerprint density at radius 1 is 1.35 bits per heavy atom. The number of hydrogen-bond donors (Lipinski definition) is 1. The van der Waals surface area contributed by atoms with Crippen molar-refractivity contribution in [3.63, 3.8) is 0 Å². The van der Waals surface area contributed by atoms with Gasteiger partial charge in [-0.2, -0.15) is 13.2 Å². The second-order valence-corrected chi connectivity index (χ2v) is 6.68. The summed E-state index contributed by atoms with van der Waals surface area (Å²) in [6.07, 6.45) is 5.61. The molecule has 5 heteroatoms. The van der Waals surface area contributed by atoms with Crippen molar-refractivity contribution in [1.29, 1.82) is 0 Å². The molecular formula is C12H20F3NS. The zero-order valence-corrected chi connectivity index (χ0v) is 11.0. The number of halogens is 3. The summed E-state index contributed by atoms with van der Waals surface area (Å²) in [5, 5.41) is 3.19. The van der Waals surface area contributed by atoms with Crippen molar-refractivity contribution in [3.8, 4) is 0 Å². The predicted molar refractivity (Wildman–Crippen MR) is 64.9 cm³/mol. The molecule has 2 rings (SSSR count). The fraction of sp³-hybridized carbons (Fsp3) is 1.00. The zero-order chi connectivity index (χ0) is 12.5. The van der Waals surface area contributed by atoms with Gasteiger partial charge in [0, 0.05) is 12.3 Å². The molecule has 2 saturated carbocycles. The van der Waals surface area contributed by atoms with E-state index in [9.17, 15) is 13.2 Å². The topological polar surface area (TPSA) is 12.0 Å². The molecule has 2 bridgehead atoms. The zero-order valence-electron chi connectivity index (χ0n) is 10.1. The number of thioether (sulfide) groups is 1. The highest BCUT2D eigenvalue weighted by atomic mass is 32.2. The van der Waals surface area contributed by atoms with Crippen LogP contribution in [0.25, 0.3) is 0 Å². The molecule has 2 aliphatic carbocycles. The van der Waals surface area contributed by atoms with Gasteiger partial charge in [0.25, 0.3) is 0 Å². The summed E-state index contributed by atoms with van der Waals surface area (Å²) in [5.41, 5.74) is -3.92. The van der Waals surface area contributed by atoms with E-state index in [1.165, 1.54) is 19.3 Å². The molecule has 0 aromatic heterocycles. The number of hydrogen-bond acceptors (Lipinski definition) is 2. The van der Waals surface area contributed by atoms with Gasteiger partial charge in [0.05, 0.1) is 0 Å². The van der Waals surface area contributed by atoms with Crippen molar-refractivity contribution in [2.75, 3.05) is 19.3 Å². The summed E-state index contributed by atoms with van der Waals surface area (Å²) in [7, 11) is 1.91. The maximum atomic E-state index is 12.2. The first-order valence-electron chi connectivity index (χ1n) is 6.30. The summed E-state index contributed by atoms with van der Waals surface area (Å²) in [5.74, 6) is 1.66. The van der Waals surface area contributed by atoms with Crippen LogP contribution in [0.4, 0.5) is 13.2 Å². The molecule has 0 saturated heterocycles. The van der Waals surface area contributed by atoms with Gasteiger partial charge in [0.2, 0.25) is 0 Å². The average Bonchev–Trinajstić information content (AvgIpc) is 2.76. The normalized spacial score (nSPS) is 36.7. The van der Waals surface area contributed by atoms with Crippen molar-refractivity contribution >= 4 is 11.8 Å². The number of alkyl halides is 3. The molecule has 0 amide bonds. The lowest BCUT2D eigenvalue weighted by molar-refractivity contribution is -0.0330. The summed E-state index contributed by atoms with van der Waals surface area (Å²) >= 11 is 0.144. The quantitative estimate of drug-likeness (QED) is 0.816. The third-order valence-electron chi connectivity index (χ3n) is 4.50. The SMILES string of the molecule is CNCC1(CCSC(F)(F)F)CC2CCC1C2. The van der Waals surface area contributed by atoms with Crippen LogP contribution < -0.4 is 5.32 Å². The van der Waals surface area contributed by atoms with E-state index in [2.05, 4.69) is 5.32 Å². The van der Waals surface area contributed by atoms with E-state index in [0.29, 0.717) is 12.3 Å². The second kappa shape index (κ2) is 5.00. The van der Waals surface area contributed by atoms with E-state index in [4.69, 9.17) is 0 Å². The monoisotopic (exact) mass is 267 g/mol. The van der Waals surface area contributed by atoms with Crippen LogP contribution in [0.15, 0.2) is 0 Å². The van der Waals surface area contributed by atoms with E-state index in [1.54, 1.807) is 0 Å². The van der Waals surface area contributed by atoms with E-state index in [0.717, 1.165) is 18.9 Å². The second-order valence-electron chi connectivity index (χ2n) is 5.52. The van der Waals surface area contributed by atoms with Crippen LogP contribution >= 0.6 is 11.8 Å². The molecule has 0 radical (unpaired) electrons. The van der Waals surface area contributed by atoms with Crippen LogP contribution in [-0.2, 0) is 0 Å². The van der Waals surface area contributed by atoms with Crippen molar-refractivity contribution < 1.29 is 13.2 Å². The number of nitrogens with one attached hydrogen (secondary N) is 1. The molecule has 3 atom stereocenters. The van der Waals surface area contributed by atoms with Crippen LogP contribution in [0.5, 0.6) is 0 Å². The highest BCUT2D eigenvalue weighted by molar-refractivity contribution is 8.00. The smallest absolute Gasteiger partial charge is 0.319 e. The molecule has 1 N–H and O–H groups in total. The highest BCUT2D eigenvalue weighted by Gasteiger charge is 2.50. The molecule has 0 heterocycles. The van der Waals surface area contributed by atoms with Crippen molar-refractivity contribution in [3.05, 3.63) is 0 Å². The van der Waals surface area contributed by atoms with Crippen LogP contribution in [-0.4, -0.2) is 24.9 Å². The van der Waals surface area contributed by atoms with Gasteiger partial charge in [-0.3, -0.25) is 0 Å². The van der Waals surface area contributed by atoms with Gasteiger partial charge < -0.3 is 5.32 Å². The molecule has 100 valence electrons. The predicted octanol–water partition coefficient (Wildman–Crippen LogP) is 3.66. The Balaban J connectivity index is 1.89. The molecule has 0 spiro atoms. The summed E-state index contributed by atoms with van der Waals surface area (Å²) in [6, 6.07) is 0. The third kappa shape index (κ3) is 3.11. The van der Waals surface area contributed by atoms with Crippen LogP contribution in [0.1, 0.15) is 32.1 Å². The average molecular weight is 267 g/mol. The minimum atomic E-state index is -4.07. The Hall–Kier alpha value is 0.100. The molecule has 1 nitrogen and oxygen atoms in total. The lowest BCUT2D eigenvalue weighted by Gasteiger charge is -2.38. The van der Waals surface area contributed by atoms with Crippen LogP contribution in [0.2, 0.25) is 0 Å². The first-order chi connectivity index (χ1) is 7.95. The Bertz CT molecular complexity index is 269. The Morgan fingerprint density at radius 2 is 2.12 bits per heavy atom. The van der Waals surface area contributed by atoms with E-state index >= 15 is 0 Å². The standard InChI is InChI=1S/C12H20F3NS/c1-16-8-11(4-5-17-12(13,14)15)7-9-2-3-10(11)6-9/h9-10,16H,2-8H2,1H3. The molecule has 0 aliphatic heterocycles. The molecule has 0 aromatic rings. The fourth-order valence-corrected chi connectivity index (χ4v) is 4.63. The third-order valence-corrected chi connectivity index (χ3v) is 5.23. The van der Waals surface area contributed by atoms with Gasteiger partial charge in [-0.05, 0) is 50.0 Å². The van der Waals surface area contributed by atoms with Crippen molar-refractivity contribution in [1.82, 2.24) is 5.32 Å². The van der Waals surface area contributed by atoms with Gasteiger partial charge >= 0.3 is 5.51 Å².